The van der Waals surface area contributed by atoms with Crippen LogP contribution in [0.3, 0.4) is 0 Å². The Balaban J connectivity index is 1.43. The number of carbonyl (C=O) groups excluding carboxylic acids is 1. The van der Waals surface area contributed by atoms with Crippen LogP contribution in [0.25, 0.3) is 0 Å². The number of hydrogen-bond donors (Lipinski definition) is 1. The van der Waals surface area contributed by atoms with E-state index < -0.39 is 0 Å². The molecule has 0 spiro atoms. The monoisotopic (exact) mass is 402 g/mol. The third-order valence-corrected chi connectivity index (χ3v) is 5.75. The second-order valence-corrected chi connectivity index (χ2v) is 7.89. The fourth-order valence-corrected chi connectivity index (χ4v) is 3.93. The number of nitrogens with zero attached hydrogens (tertiary/aromatic N) is 3. The zero-order chi connectivity index (χ0) is 19.2. The second kappa shape index (κ2) is 9.07. The van der Waals surface area contributed by atoms with E-state index in [0.29, 0.717) is 27.3 Å². The van der Waals surface area contributed by atoms with E-state index >= 15 is 0 Å². The molecule has 3 rings (SSSR count). The van der Waals surface area contributed by atoms with Crippen LogP contribution in [0.2, 0.25) is 5.02 Å². The SMILES string of the molecule is Cc1ccc(C(=O)NSC2CCC(Oc3ccc(C#N)c(Cl)c3)CC2)nn1. The van der Waals surface area contributed by atoms with Crippen LogP contribution in [0.4, 0.5) is 0 Å². The van der Waals surface area contributed by atoms with Crippen LogP contribution in [0, 0.1) is 18.3 Å². The molecule has 0 atom stereocenters. The van der Waals surface area contributed by atoms with Gasteiger partial charge in [0.25, 0.3) is 5.91 Å². The van der Waals surface area contributed by atoms with Gasteiger partial charge in [-0.05, 0) is 68.8 Å². The molecule has 6 nitrogen and oxygen atoms in total. The Labute approximate surface area is 167 Å². The van der Waals surface area contributed by atoms with Gasteiger partial charge in [-0.3, -0.25) is 9.52 Å². The number of hydrogen-bond acceptors (Lipinski definition) is 6. The summed E-state index contributed by atoms with van der Waals surface area (Å²) >= 11 is 7.49. The molecule has 1 N–H and O–H groups in total. The second-order valence-electron chi connectivity index (χ2n) is 6.38. The lowest BCUT2D eigenvalue weighted by atomic mass is 9.97. The maximum atomic E-state index is 12.1. The zero-order valence-corrected chi connectivity index (χ0v) is 16.4. The highest BCUT2D eigenvalue weighted by Crippen LogP contribution is 2.31. The van der Waals surface area contributed by atoms with Crippen LogP contribution < -0.4 is 9.46 Å². The van der Waals surface area contributed by atoms with Crippen LogP contribution in [-0.4, -0.2) is 27.5 Å². The largest absolute Gasteiger partial charge is 0.490 e. The van der Waals surface area contributed by atoms with Crippen LogP contribution in [0.1, 0.15) is 47.4 Å². The maximum absolute atomic E-state index is 12.1. The molecule has 1 fully saturated rings. The Morgan fingerprint density at radius 3 is 2.67 bits per heavy atom. The minimum atomic E-state index is -0.224. The highest BCUT2D eigenvalue weighted by Gasteiger charge is 2.24. The molecule has 1 aliphatic carbocycles. The van der Waals surface area contributed by atoms with Crippen molar-refractivity contribution in [3.63, 3.8) is 0 Å². The van der Waals surface area contributed by atoms with Gasteiger partial charge in [0.15, 0.2) is 5.69 Å². The lowest BCUT2D eigenvalue weighted by Crippen LogP contribution is -2.28. The molecule has 1 aromatic carbocycles. The number of aryl methyl sites for hydroxylation is 1. The summed E-state index contributed by atoms with van der Waals surface area (Å²) in [6.45, 7) is 1.83. The summed E-state index contributed by atoms with van der Waals surface area (Å²) in [5, 5.41) is 17.5. The fraction of sp³-hybridized carbons (Fsp3) is 0.368. The quantitative estimate of drug-likeness (QED) is 0.758. The molecule has 0 bridgehead atoms. The number of aromatic nitrogens is 2. The number of nitrogens with one attached hydrogen (secondary N) is 1. The summed E-state index contributed by atoms with van der Waals surface area (Å²) in [4.78, 5) is 12.1. The number of rotatable bonds is 5. The van der Waals surface area contributed by atoms with E-state index in [-0.39, 0.29) is 12.0 Å². The fourth-order valence-electron chi connectivity index (χ4n) is 2.83. The Morgan fingerprint density at radius 2 is 2.04 bits per heavy atom. The molecule has 2 aromatic rings. The molecule has 1 aliphatic rings. The summed E-state index contributed by atoms with van der Waals surface area (Å²) < 4.78 is 8.84. The minimum Gasteiger partial charge on any atom is -0.490 e. The number of nitriles is 1. The van der Waals surface area contributed by atoms with Gasteiger partial charge in [0.1, 0.15) is 11.8 Å². The van der Waals surface area contributed by atoms with Gasteiger partial charge in [-0.2, -0.15) is 10.4 Å². The Kier molecular flexibility index (Phi) is 6.54. The van der Waals surface area contributed by atoms with E-state index in [9.17, 15) is 4.79 Å². The maximum Gasteiger partial charge on any atom is 0.281 e. The number of halogens is 1. The summed E-state index contributed by atoms with van der Waals surface area (Å²) in [6, 6.07) is 10.6. The van der Waals surface area contributed by atoms with Crippen molar-refractivity contribution in [3.05, 3.63) is 52.3 Å². The molecule has 1 saturated carbocycles. The molecule has 1 amide bonds. The normalized spacial score (nSPS) is 19.1. The van der Waals surface area contributed by atoms with E-state index in [2.05, 4.69) is 14.9 Å². The highest BCUT2D eigenvalue weighted by molar-refractivity contribution is 7.98. The zero-order valence-electron chi connectivity index (χ0n) is 14.8. The van der Waals surface area contributed by atoms with Crippen molar-refractivity contribution >= 4 is 29.5 Å². The van der Waals surface area contributed by atoms with E-state index in [1.807, 2.05) is 13.0 Å². The first kappa shape index (κ1) is 19.5. The minimum absolute atomic E-state index is 0.115. The summed E-state index contributed by atoms with van der Waals surface area (Å²) in [6.07, 6.45) is 3.80. The lowest BCUT2D eigenvalue weighted by Gasteiger charge is -2.28. The van der Waals surface area contributed by atoms with E-state index in [1.165, 1.54) is 11.9 Å². The van der Waals surface area contributed by atoms with E-state index in [1.54, 1.807) is 30.3 Å². The number of amides is 1. The van der Waals surface area contributed by atoms with Gasteiger partial charge in [-0.1, -0.05) is 11.6 Å². The Morgan fingerprint density at radius 1 is 1.26 bits per heavy atom. The topological polar surface area (TPSA) is 87.9 Å². The van der Waals surface area contributed by atoms with Crippen molar-refractivity contribution < 1.29 is 9.53 Å². The van der Waals surface area contributed by atoms with Gasteiger partial charge in [0, 0.05) is 11.3 Å². The van der Waals surface area contributed by atoms with Gasteiger partial charge in [0.05, 0.1) is 22.4 Å². The highest BCUT2D eigenvalue weighted by atomic mass is 35.5. The van der Waals surface area contributed by atoms with Gasteiger partial charge in [-0.15, -0.1) is 5.10 Å². The molecule has 0 aliphatic heterocycles. The van der Waals surface area contributed by atoms with Crippen molar-refractivity contribution in [2.75, 3.05) is 0 Å². The summed E-state index contributed by atoms with van der Waals surface area (Å²) in [7, 11) is 0. The number of ether oxygens (including phenoxy) is 1. The molecule has 1 aromatic heterocycles. The summed E-state index contributed by atoms with van der Waals surface area (Å²) in [5.41, 5.74) is 1.54. The van der Waals surface area contributed by atoms with Crippen molar-refractivity contribution in [2.45, 2.75) is 44.0 Å². The standard InChI is InChI=1S/C19H19ClN4O2S/c1-12-2-9-18(23-22-12)19(25)24-27-16-7-5-14(6-8-16)26-15-4-3-13(11-21)17(20)10-15/h2-4,9-10,14,16H,5-8H2,1H3,(H,24,25). The molecule has 8 heteroatoms. The van der Waals surface area contributed by atoms with Gasteiger partial charge in [-0.25, -0.2) is 0 Å². The van der Waals surface area contributed by atoms with Gasteiger partial charge < -0.3 is 4.74 Å². The first-order valence-corrected chi connectivity index (χ1v) is 9.93. The lowest BCUT2D eigenvalue weighted by molar-refractivity contribution is 0.0978. The van der Waals surface area contributed by atoms with Crippen molar-refractivity contribution in [1.29, 1.82) is 5.26 Å². The molecule has 1 heterocycles. The smallest absolute Gasteiger partial charge is 0.281 e. The molecule has 27 heavy (non-hydrogen) atoms. The average Bonchev–Trinajstić information content (AvgIpc) is 2.68. The van der Waals surface area contributed by atoms with E-state index in [0.717, 1.165) is 31.4 Å². The van der Waals surface area contributed by atoms with E-state index in [4.69, 9.17) is 21.6 Å². The number of carbonyl (C=O) groups is 1. The first-order chi connectivity index (χ1) is 13.0. The molecule has 0 unspecified atom stereocenters. The molecule has 140 valence electrons. The first-order valence-electron chi connectivity index (χ1n) is 8.68. The predicted octanol–water partition coefficient (Wildman–Crippen LogP) is 4.08. The van der Waals surface area contributed by atoms with Crippen LogP contribution in [0.15, 0.2) is 30.3 Å². The molecular weight excluding hydrogens is 384 g/mol. The van der Waals surface area contributed by atoms with Crippen LogP contribution >= 0.6 is 23.5 Å². The molecular formula is C19H19ClN4O2S. The van der Waals surface area contributed by atoms with Gasteiger partial charge in [0.2, 0.25) is 0 Å². The third kappa shape index (κ3) is 5.34. The predicted molar refractivity (Wildman–Crippen MR) is 105 cm³/mol. The Hall–Kier alpha value is -2.30. The van der Waals surface area contributed by atoms with Crippen LogP contribution in [-0.2, 0) is 0 Å². The third-order valence-electron chi connectivity index (χ3n) is 4.33. The molecule has 0 saturated heterocycles. The summed E-state index contributed by atoms with van der Waals surface area (Å²) in [5.74, 6) is 0.458. The molecule has 0 radical (unpaired) electrons. The van der Waals surface area contributed by atoms with Crippen molar-refractivity contribution in [1.82, 2.24) is 14.9 Å². The average molecular weight is 403 g/mol. The number of benzene rings is 1. The Bertz CT molecular complexity index is 846. The van der Waals surface area contributed by atoms with Crippen molar-refractivity contribution in [2.24, 2.45) is 0 Å². The van der Waals surface area contributed by atoms with Crippen molar-refractivity contribution in [3.8, 4) is 11.8 Å². The van der Waals surface area contributed by atoms with Crippen LogP contribution in [0.5, 0.6) is 5.75 Å². The van der Waals surface area contributed by atoms with Gasteiger partial charge >= 0.3 is 0 Å².